The van der Waals surface area contributed by atoms with Gasteiger partial charge in [-0.15, -0.1) is 0 Å². The number of nitro groups is 1. The van der Waals surface area contributed by atoms with Gasteiger partial charge in [0, 0.05) is 6.07 Å². The summed E-state index contributed by atoms with van der Waals surface area (Å²) in [7, 11) is 0. The van der Waals surface area contributed by atoms with Crippen molar-refractivity contribution in [3.05, 3.63) is 33.1 Å². The smallest absolute Gasteiger partial charge is 0.258 e. The molecule has 1 heterocycles. The summed E-state index contributed by atoms with van der Waals surface area (Å²) in [5, 5.41) is 18.9. The van der Waals surface area contributed by atoms with E-state index >= 15 is 0 Å². The minimum atomic E-state index is -5.07. The lowest BCUT2D eigenvalue weighted by Gasteiger charge is -2.09. The molecule has 1 aromatic rings. The van der Waals surface area contributed by atoms with Crippen LogP contribution in [0.25, 0.3) is 0 Å². The van der Waals surface area contributed by atoms with E-state index < -0.39 is 40.2 Å². The van der Waals surface area contributed by atoms with Crippen LogP contribution in [0.4, 0.5) is 27.6 Å². The fraction of sp³-hybridized carbons (Fsp3) is 0.250. The van der Waals surface area contributed by atoms with E-state index in [4.69, 9.17) is 5.26 Å². The molecular weight excluding hydrogens is 265 g/mol. The number of hydrogen-bond donors (Lipinski definition) is 0. The lowest BCUT2D eigenvalue weighted by atomic mass is 10.1. The maximum atomic E-state index is 12.5. The van der Waals surface area contributed by atoms with Gasteiger partial charge in [0.05, 0.1) is 4.92 Å². The summed E-state index contributed by atoms with van der Waals surface area (Å²) in [5.74, 6) is 0. The zero-order valence-corrected chi connectivity index (χ0v) is 8.20. The van der Waals surface area contributed by atoms with E-state index in [9.17, 15) is 32.1 Å². The van der Waals surface area contributed by atoms with Crippen molar-refractivity contribution < 1.29 is 26.9 Å². The Kier molecular flexibility index (Phi) is 3.45. The van der Waals surface area contributed by atoms with E-state index in [-0.39, 0.29) is 6.07 Å². The Hall–Kier alpha value is -2.31. The van der Waals surface area contributed by atoms with Crippen LogP contribution < -0.4 is 0 Å². The molecule has 0 atom stereocenters. The van der Waals surface area contributed by atoms with Crippen LogP contribution in [0.5, 0.6) is 0 Å². The van der Waals surface area contributed by atoms with Crippen molar-refractivity contribution >= 4 is 5.69 Å². The molecule has 0 bridgehead atoms. The average molecular weight is 267 g/mol. The molecule has 5 nitrogen and oxygen atoms in total. The molecule has 0 unspecified atom stereocenters. The Bertz CT molecular complexity index is 535. The standard InChI is InChI=1S/C8H2F5N3O2/c9-7(10)6-3(2-14)15-5(8(11,12)13)1-4(6)16(17)18/h1,7H. The molecule has 0 amide bonds. The summed E-state index contributed by atoms with van der Waals surface area (Å²) in [6.45, 7) is 0. The molecule has 0 aliphatic heterocycles. The van der Waals surface area contributed by atoms with Crippen LogP contribution in [0.1, 0.15) is 23.4 Å². The molecular formula is C8H2F5N3O2. The van der Waals surface area contributed by atoms with Gasteiger partial charge in [0.2, 0.25) is 0 Å². The number of nitrogens with zero attached hydrogens (tertiary/aromatic N) is 3. The summed E-state index contributed by atoms with van der Waals surface area (Å²) in [5.41, 5.74) is -5.99. The van der Waals surface area contributed by atoms with Crippen LogP contribution in [-0.2, 0) is 6.18 Å². The van der Waals surface area contributed by atoms with Crippen molar-refractivity contribution in [1.82, 2.24) is 4.98 Å². The van der Waals surface area contributed by atoms with Crippen LogP contribution in [0, 0.1) is 21.4 Å². The summed E-state index contributed by atoms with van der Waals surface area (Å²) in [6.07, 6.45) is -8.55. The number of halogens is 5. The Morgan fingerprint density at radius 2 is 2.00 bits per heavy atom. The molecule has 0 aliphatic rings. The highest BCUT2D eigenvalue weighted by Crippen LogP contribution is 2.36. The predicted molar refractivity (Wildman–Crippen MR) is 45.6 cm³/mol. The minimum Gasteiger partial charge on any atom is -0.258 e. The molecule has 0 aliphatic carbocycles. The Balaban J connectivity index is 3.66. The molecule has 0 N–H and O–H groups in total. The normalized spacial score (nSPS) is 11.4. The molecule has 0 fully saturated rings. The van der Waals surface area contributed by atoms with Gasteiger partial charge in [-0.2, -0.15) is 18.4 Å². The van der Waals surface area contributed by atoms with Gasteiger partial charge in [0.1, 0.15) is 11.6 Å². The molecule has 0 saturated heterocycles. The van der Waals surface area contributed by atoms with Crippen LogP contribution in [-0.4, -0.2) is 9.91 Å². The molecule has 10 heteroatoms. The third kappa shape index (κ3) is 2.50. The van der Waals surface area contributed by atoms with Crippen molar-refractivity contribution in [2.45, 2.75) is 12.6 Å². The minimum absolute atomic E-state index is 0.123. The largest absolute Gasteiger partial charge is 0.433 e. The van der Waals surface area contributed by atoms with Crippen molar-refractivity contribution in [3.63, 3.8) is 0 Å². The van der Waals surface area contributed by atoms with Crippen molar-refractivity contribution in [2.24, 2.45) is 0 Å². The zero-order chi connectivity index (χ0) is 14.1. The molecule has 18 heavy (non-hydrogen) atoms. The number of rotatable bonds is 2. The highest BCUT2D eigenvalue weighted by atomic mass is 19.4. The van der Waals surface area contributed by atoms with E-state index in [1.165, 1.54) is 0 Å². The fourth-order valence-corrected chi connectivity index (χ4v) is 1.14. The molecule has 0 spiro atoms. The average Bonchev–Trinajstić information content (AvgIpc) is 2.25. The first-order valence-electron chi connectivity index (χ1n) is 4.13. The Morgan fingerprint density at radius 3 is 2.33 bits per heavy atom. The van der Waals surface area contributed by atoms with E-state index in [0.717, 1.165) is 6.07 Å². The van der Waals surface area contributed by atoms with Gasteiger partial charge in [0.25, 0.3) is 12.1 Å². The van der Waals surface area contributed by atoms with Crippen molar-refractivity contribution in [2.75, 3.05) is 0 Å². The molecule has 0 aromatic carbocycles. The predicted octanol–water partition coefficient (Wildman–Crippen LogP) is 2.82. The lowest BCUT2D eigenvalue weighted by molar-refractivity contribution is -0.386. The van der Waals surface area contributed by atoms with E-state index in [1.54, 1.807) is 0 Å². The highest BCUT2D eigenvalue weighted by Gasteiger charge is 2.38. The van der Waals surface area contributed by atoms with Gasteiger partial charge in [-0.3, -0.25) is 10.1 Å². The van der Waals surface area contributed by atoms with Gasteiger partial charge in [-0.25, -0.2) is 13.8 Å². The maximum Gasteiger partial charge on any atom is 0.433 e. The second-order valence-corrected chi connectivity index (χ2v) is 2.96. The second-order valence-electron chi connectivity index (χ2n) is 2.96. The summed E-state index contributed by atoms with van der Waals surface area (Å²) in [4.78, 5) is 11.7. The van der Waals surface area contributed by atoms with Crippen LogP contribution in [0.15, 0.2) is 6.07 Å². The SMILES string of the molecule is N#Cc1nc(C(F)(F)F)cc([N+](=O)[O-])c1C(F)F. The number of aromatic nitrogens is 1. The maximum absolute atomic E-state index is 12.5. The first-order chi connectivity index (χ1) is 8.18. The van der Waals surface area contributed by atoms with E-state index in [1.807, 2.05) is 0 Å². The lowest BCUT2D eigenvalue weighted by Crippen LogP contribution is -2.12. The zero-order valence-electron chi connectivity index (χ0n) is 8.20. The number of pyridine rings is 1. The third-order valence-electron chi connectivity index (χ3n) is 1.85. The summed E-state index contributed by atoms with van der Waals surface area (Å²) >= 11 is 0. The van der Waals surface area contributed by atoms with E-state index in [0.29, 0.717) is 0 Å². The van der Waals surface area contributed by atoms with E-state index in [2.05, 4.69) is 4.98 Å². The third-order valence-corrected chi connectivity index (χ3v) is 1.85. The van der Waals surface area contributed by atoms with Crippen LogP contribution in [0.2, 0.25) is 0 Å². The second kappa shape index (κ2) is 4.52. The molecule has 1 rings (SSSR count). The Morgan fingerprint density at radius 1 is 1.44 bits per heavy atom. The van der Waals surface area contributed by atoms with Crippen molar-refractivity contribution in [3.8, 4) is 6.07 Å². The van der Waals surface area contributed by atoms with Gasteiger partial charge >= 0.3 is 6.18 Å². The molecule has 0 saturated carbocycles. The van der Waals surface area contributed by atoms with Crippen LogP contribution >= 0.6 is 0 Å². The number of alkyl halides is 5. The molecule has 0 radical (unpaired) electrons. The van der Waals surface area contributed by atoms with Gasteiger partial charge < -0.3 is 0 Å². The van der Waals surface area contributed by atoms with Gasteiger partial charge in [-0.05, 0) is 0 Å². The van der Waals surface area contributed by atoms with Crippen molar-refractivity contribution in [1.29, 1.82) is 5.26 Å². The first kappa shape index (κ1) is 13.8. The topological polar surface area (TPSA) is 79.8 Å². The number of nitriles is 1. The quantitative estimate of drug-likeness (QED) is 0.468. The molecule has 96 valence electrons. The molecule has 1 aromatic heterocycles. The first-order valence-corrected chi connectivity index (χ1v) is 4.13. The monoisotopic (exact) mass is 267 g/mol. The number of hydrogen-bond acceptors (Lipinski definition) is 4. The Labute approximate surface area is 95.6 Å². The fourth-order valence-electron chi connectivity index (χ4n) is 1.14. The van der Waals surface area contributed by atoms with Gasteiger partial charge in [0.15, 0.2) is 11.4 Å². The van der Waals surface area contributed by atoms with Crippen LogP contribution in [0.3, 0.4) is 0 Å². The summed E-state index contributed by atoms with van der Waals surface area (Å²) in [6, 6.07) is 0.866. The summed E-state index contributed by atoms with van der Waals surface area (Å²) < 4.78 is 61.9. The van der Waals surface area contributed by atoms with Gasteiger partial charge in [-0.1, -0.05) is 0 Å². The highest BCUT2D eigenvalue weighted by molar-refractivity contribution is 5.49.